The van der Waals surface area contributed by atoms with E-state index in [-0.39, 0.29) is 71.3 Å². The van der Waals surface area contributed by atoms with E-state index in [9.17, 15) is 55.6 Å². The number of hydrogen-bond acceptors (Lipinski definition) is 14. The van der Waals surface area contributed by atoms with E-state index in [0.29, 0.717) is 17.4 Å². The van der Waals surface area contributed by atoms with Crippen molar-refractivity contribution in [3.63, 3.8) is 0 Å². The predicted molar refractivity (Wildman–Crippen MR) is 217 cm³/mol. The van der Waals surface area contributed by atoms with Crippen LogP contribution in [0.25, 0.3) is 32.3 Å². The maximum absolute atomic E-state index is 14.0. The monoisotopic (exact) mass is 873 g/mol. The summed E-state index contributed by atoms with van der Waals surface area (Å²) in [4.78, 5) is 40.5. The van der Waals surface area contributed by atoms with Gasteiger partial charge in [-0.15, -0.1) is 4.33 Å². The van der Waals surface area contributed by atoms with Gasteiger partial charge in [0.1, 0.15) is 27.0 Å². The summed E-state index contributed by atoms with van der Waals surface area (Å²) in [7, 11) is -9.62. The van der Waals surface area contributed by atoms with Crippen molar-refractivity contribution in [2.45, 2.75) is 14.7 Å². The molecule has 0 fully saturated rings. The number of fused-ring (bicyclic) bond motifs is 3. The fourth-order valence-electron chi connectivity index (χ4n) is 6.43. The Morgan fingerprint density at radius 3 is 1.18 bits per heavy atom. The molecule has 21 heteroatoms. The van der Waals surface area contributed by atoms with E-state index in [4.69, 9.17) is 5.26 Å². The largest absolute Gasteiger partial charge is 0.506 e. The van der Waals surface area contributed by atoms with Crippen LogP contribution in [0.5, 0.6) is 17.2 Å². The zero-order chi connectivity index (χ0) is 43.1. The zero-order valence-electron chi connectivity index (χ0n) is 30.0. The summed E-state index contributed by atoms with van der Waals surface area (Å²) in [6.45, 7) is 0. The van der Waals surface area contributed by atoms with Crippen LogP contribution in [0.4, 0.5) is 17.1 Å². The van der Waals surface area contributed by atoms with Crippen LogP contribution in [-0.2, 0) is 29.6 Å². The summed E-state index contributed by atoms with van der Waals surface area (Å²) in [5.74, 6) is -4.37. The lowest BCUT2D eigenvalue weighted by molar-refractivity contribution is -0.432. The molecule has 9 N–H and O–H groups in total. The molecule has 0 aliphatic rings. The molecule has 0 saturated heterocycles. The highest BCUT2D eigenvalue weighted by atomic mass is 32.2. The molecule has 306 valence electrons. The first-order valence-electron chi connectivity index (χ1n) is 16.9. The van der Waals surface area contributed by atoms with Gasteiger partial charge in [0.25, 0.3) is 38.0 Å². The van der Waals surface area contributed by atoms with E-state index < -0.39 is 59.2 Å². The Bertz CT molecular complexity index is 3020. The molecule has 7 rings (SSSR count). The summed E-state index contributed by atoms with van der Waals surface area (Å²) >= 11 is 0.515. The van der Waals surface area contributed by atoms with Gasteiger partial charge in [-0.05, 0) is 54.6 Å². The van der Waals surface area contributed by atoms with Crippen LogP contribution < -0.4 is 16.0 Å². The molecule has 0 atom stereocenters. The number of hydrogen-bond donors (Lipinski definition) is 9. The van der Waals surface area contributed by atoms with Gasteiger partial charge in [0, 0.05) is 66.1 Å². The maximum atomic E-state index is 14.0. The van der Waals surface area contributed by atoms with Crippen LogP contribution in [0.15, 0.2) is 124 Å². The molecule has 0 heterocycles. The molecule has 0 spiro atoms. The van der Waals surface area contributed by atoms with Gasteiger partial charge in [-0.25, -0.2) is 5.26 Å². The first-order chi connectivity index (χ1) is 28.5. The number of nitrogens with one attached hydrogen (secondary N) is 3. The number of aromatic hydroxyl groups is 3. The lowest BCUT2D eigenvalue weighted by Crippen LogP contribution is -2.19. The Morgan fingerprint density at radius 2 is 0.833 bits per heavy atom. The van der Waals surface area contributed by atoms with Crippen LogP contribution >= 0.6 is 12.0 Å². The second-order valence-corrected chi connectivity index (χ2v) is 16.3. The molecular formula is C39H27N3O15S3. The van der Waals surface area contributed by atoms with Crippen molar-refractivity contribution < 1.29 is 70.3 Å². The SMILES string of the molecule is O=C(Nc1cccc2c(O)c(SOOO)ccc12)c1cc(C(=O)Nc2cccc3c(O)c(S(=O)(=O)O)ccc23)cc(C(=O)Nc2cccc3c(O)c(S(=O)(=O)O)ccc23)c1. The zero-order valence-corrected chi connectivity index (χ0v) is 32.4. The van der Waals surface area contributed by atoms with E-state index >= 15 is 0 Å². The highest BCUT2D eigenvalue weighted by Gasteiger charge is 2.23. The van der Waals surface area contributed by atoms with E-state index in [2.05, 4.69) is 25.3 Å². The van der Waals surface area contributed by atoms with Gasteiger partial charge >= 0.3 is 0 Å². The van der Waals surface area contributed by atoms with E-state index in [1.54, 1.807) is 6.07 Å². The fraction of sp³-hybridized carbons (Fsp3) is 0. The minimum atomic E-state index is -4.81. The standard InChI is InChI=1S/C39H27N3O15S3/c43-34-25-4-1-7-28(22(25)10-13-31(34)58-57-56-49)40-37(46)19-16-20(38(47)41-29-8-2-5-26-23(29)11-14-32(35(26)44)59(50,51)52)18-21(17-19)39(48)42-30-9-3-6-27-24(30)12-15-33(36(27)45)60(53,54)55/h1-18,43-45,49H,(H,40,46)(H,41,47)(H,42,48)(H,50,51,52)(H,53,54,55). The van der Waals surface area contributed by atoms with Gasteiger partial charge in [0.15, 0.2) is 0 Å². The third kappa shape index (κ3) is 8.09. The highest BCUT2D eigenvalue weighted by molar-refractivity contribution is 7.94. The Morgan fingerprint density at radius 1 is 0.483 bits per heavy atom. The number of carbonyl (C=O) groups is 3. The number of benzene rings is 7. The molecule has 18 nitrogen and oxygen atoms in total. The molecule has 0 bridgehead atoms. The number of phenolic OH excluding ortho intramolecular Hbond substituents is 3. The molecule has 3 amide bonds. The highest BCUT2D eigenvalue weighted by Crippen LogP contribution is 2.40. The van der Waals surface area contributed by atoms with Gasteiger partial charge in [0.2, 0.25) is 0 Å². The first-order valence-corrected chi connectivity index (χ1v) is 20.5. The van der Waals surface area contributed by atoms with Gasteiger partial charge in [0.05, 0.1) is 16.9 Å². The summed E-state index contributed by atoms with van der Waals surface area (Å²) in [6, 6.07) is 23.8. The third-order valence-electron chi connectivity index (χ3n) is 9.16. The second-order valence-electron chi connectivity index (χ2n) is 12.8. The van der Waals surface area contributed by atoms with Gasteiger partial charge in [-0.1, -0.05) is 59.6 Å². The Labute approximate surface area is 342 Å². The fourth-order valence-corrected chi connectivity index (χ4v) is 8.04. The lowest BCUT2D eigenvalue weighted by Gasteiger charge is -2.15. The first kappa shape index (κ1) is 41.3. The van der Waals surface area contributed by atoms with Crippen molar-refractivity contribution in [3.05, 3.63) is 126 Å². The van der Waals surface area contributed by atoms with Gasteiger partial charge in [-0.2, -0.15) is 16.8 Å². The topological polar surface area (TPSA) is 295 Å². The molecule has 7 aromatic rings. The van der Waals surface area contributed by atoms with E-state index in [1.165, 1.54) is 84.9 Å². The molecule has 0 aromatic heterocycles. The number of rotatable bonds is 11. The summed E-state index contributed by atoms with van der Waals surface area (Å²) in [5, 5.41) is 53.0. The maximum Gasteiger partial charge on any atom is 0.298 e. The molecule has 0 aliphatic heterocycles. The van der Waals surface area contributed by atoms with Crippen LogP contribution in [0.2, 0.25) is 0 Å². The number of carbonyl (C=O) groups excluding carboxylic acids is 3. The van der Waals surface area contributed by atoms with Crippen LogP contribution in [0.3, 0.4) is 0 Å². The molecular weight excluding hydrogens is 847 g/mol. The van der Waals surface area contributed by atoms with Crippen molar-refractivity contribution >= 4 is 99.4 Å². The molecule has 0 aliphatic carbocycles. The summed E-state index contributed by atoms with van der Waals surface area (Å²) in [6.07, 6.45) is 0. The molecule has 0 saturated carbocycles. The van der Waals surface area contributed by atoms with Crippen molar-refractivity contribution in [2.75, 3.05) is 16.0 Å². The number of amides is 3. The Hall–Kier alpha value is -6.82. The van der Waals surface area contributed by atoms with Crippen molar-refractivity contribution in [1.82, 2.24) is 0 Å². The average Bonchev–Trinajstić information content (AvgIpc) is 3.20. The van der Waals surface area contributed by atoms with Crippen LogP contribution in [0.1, 0.15) is 31.1 Å². The number of phenols is 3. The lowest BCUT2D eigenvalue weighted by atomic mass is 10.0. The van der Waals surface area contributed by atoms with Gasteiger partial charge < -0.3 is 31.3 Å². The smallest absolute Gasteiger partial charge is 0.298 e. The second kappa shape index (κ2) is 16.1. The molecule has 60 heavy (non-hydrogen) atoms. The van der Waals surface area contributed by atoms with Crippen molar-refractivity contribution in [1.29, 1.82) is 0 Å². The van der Waals surface area contributed by atoms with Crippen molar-refractivity contribution in [2.24, 2.45) is 0 Å². The molecule has 0 unspecified atom stereocenters. The van der Waals surface area contributed by atoms with Crippen molar-refractivity contribution in [3.8, 4) is 17.2 Å². The minimum Gasteiger partial charge on any atom is -0.506 e. The normalized spacial score (nSPS) is 11.8. The minimum absolute atomic E-state index is 0.0398. The third-order valence-corrected chi connectivity index (χ3v) is 11.6. The van der Waals surface area contributed by atoms with Crippen LogP contribution in [-0.4, -0.2) is 64.2 Å². The van der Waals surface area contributed by atoms with E-state index in [1.807, 2.05) is 0 Å². The Balaban J connectivity index is 1.28. The number of anilines is 3. The summed E-state index contributed by atoms with van der Waals surface area (Å²) in [5.41, 5.74) is -0.347. The predicted octanol–water partition coefficient (Wildman–Crippen LogP) is 6.94. The summed E-state index contributed by atoms with van der Waals surface area (Å²) < 4.78 is 70.7. The van der Waals surface area contributed by atoms with Gasteiger partial charge in [-0.3, -0.25) is 23.5 Å². The van der Waals surface area contributed by atoms with Crippen LogP contribution in [0, 0.1) is 0 Å². The molecule has 0 radical (unpaired) electrons. The Kier molecular flexibility index (Phi) is 11.1. The average molecular weight is 874 g/mol. The van der Waals surface area contributed by atoms with E-state index in [0.717, 1.165) is 18.2 Å². The molecule has 7 aromatic carbocycles. The quantitative estimate of drug-likeness (QED) is 0.0275.